The summed E-state index contributed by atoms with van der Waals surface area (Å²) >= 11 is 0. The van der Waals surface area contributed by atoms with E-state index in [2.05, 4.69) is 27.4 Å². The SMILES string of the molecule is O=C(CN1N=N[C@@H]2C(=O)N(c3ccccc3)C(=O)[C@H]21)N1CCN(c2ccccc2)CC1. The largest absolute Gasteiger partial charge is 0.368 e. The van der Waals surface area contributed by atoms with Crippen LogP contribution in [0.1, 0.15) is 0 Å². The number of nitrogens with zero attached hydrogens (tertiary/aromatic N) is 6. The average Bonchev–Trinajstić information content (AvgIpc) is 3.34. The Hall–Kier alpha value is -3.75. The zero-order valence-electron chi connectivity index (χ0n) is 16.9. The van der Waals surface area contributed by atoms with Gasteiger partial charge in [0.15, 0.2) is 12.1 Å². The second-order valence-electron chi connectivity index (χ2n) is 7.74. The number of carbonyl (C=O) groups is 3. The molecule has 2 atom stereocenters. The first-order chi connectivity index (χ1) is 15.1. The molecule has 3 aliphatic rings. The van der Waals surface area contributed by atoms with Gasteiger partial charge in [-0.2, -0.15) is 5.11 Å². The molecule has 0 radical (unpaired) electrons. The van der Waals surface area contributed by atoms with Crippen LogP contribution in [0, 0.1) is 0 Å². The Balaban J connectivity index is 1.22. The molecule has 2 aromatic carbocycles. The van der Waals surface area contributed by atoms with Gasteiger partial charge in [-0.1, -0.05) is 41.6 Å². The van der Waals surface area contributed by atoms with Crippen LogP contribution in [0.15, 0.2) is 71.0 Å². The van der Waals surface area contributed by atoms with Gasteiger partial charge < -0.3 is 9.80 Å². The van der Waals surface area contributed by atoms with Crippen molar-refractivity contribution in [3.63, 3.8) is 0 Å². The van der Waals surface area contributed by atoms with Crippen molar-refractivity contribution in [2.24, 2.45) is 10.3 Å². The van der Waals surface area contributed by atoms with Crippen LogP contribution >= 0.6 is 0 Å². The number of anilines is 2. The number of para-hydroxylation sites is 2. The maximum atomic E-state index is 13.0. The van der Waals surface area contributed by atoms with E-state index in [9.17, 15) is 14.4 Å². The van der Waals surface area contributed by atoms with Gasteiger partial charge in [0.05, 0.1) is 5.69 Å². The predicted molar refractivity (Wildman–Crippen MR) is 113 cm³/mol. The van der Waals surface area contributed by atoms with E-state index in [0.29, 0.717) is 18.8 Å². The normalized spacial score (nSPS) is 23.0. The van der Waals surface area contributed by atoms with Crippen LogP contribution in [0.3, 0.4) is 0 Å². The molecule has 3 amide bonds. The van der Waals surface area contributed by atoms with Crippen LogP contribution in [0.5, 0.6) is 0 Å². The minimum absolute atomic E-state index is 0.0718. The van der Waals surface area contributed by atoms with Gasteiger partial charge in [0.2, 0.25) is 5.91 Å². The fourth-order valence-electron chi connectivity index (χ4n) is 4.28. The van der Waals surface area contributed by atoms with Crippen molar-refractivity contribution in [3.8, 4) is 0 Å². The summed E-state index contributed by atoms with van der Waals surface area (Å²) in [6, 6.07) is 17.1. The lowest BCUT2D eigenvalue weighted by molar-refractivity contribution is -0.134. The van der Waals surface area contributed by atoms with E-state index < -0.39 is 23.9 Å². The molecule has 0 spiro atoms. The van der Waals surface area contributed by atoms with Crippen LogP contribution < -0.4 is 9.80 Å². The lowest BCUT2D eigenvalue weighted by Crippen LogP contribution is -2.52. The maximum Gasteiger partial charge on any atom is 0.263 e. The van der Waals surface area contributed by atoms with Crippen molar-refractivity contribution in [3.05, 3.63) is 60.7 Å². The molecule has 0 saturated carbocycles. The highest BCUT2D eigenvalue weighted by Gasteiger charge is 2.55. The predicted octanol–water partition coefficient (Wildman–Crippen LogP) is 1.33. The van der Waals surface area contributed by atoms with Crippen molar-refractivity contribution in [2.75, 3.05) is 42.5 Å². The number of imide groups is 1. The Morgan fingerprint density at radius 1 is 0.839 bits per heavy atom. The molecule has 31 heavy (non-hydrogen) atoms. The second kappa shape index (κ2) is 7.82. The first-order valence-electron chi connectivity index (χ1n) is 10.3. The lowest BCUT2D eigenvalue weighted by atomic mass is 10.1. The van der Waals surface area contributed by atoms with Gasteiger partial charge in [0.25, 0.3) is 11.8 Å². The van der Waals surface area contributed by atoms with Crippen molar-refractivity contribution in [2.45, 2.75) is 12.1 Å². The summed E-state index contributed by atoms with van der Waals surface area (Å²) < 4.78 is 0. The molecule has 3 aliphatic heterocycles. The van der Waals surface area contributed by atoms with Crippen molar-refractivity contribution >= 4 is 29.1 Å². The van der Waals surface area contributed by atoms with Crippen LogP contribution in [0.25, 0.3) is 0 Å². The van der Waals surface area contributed by atoms with E-state index in [1.54, 1.807) is 29.2 Å². The third-order valence-electron chi connectivity index (χ3n) is 5.92. The van der Waals surface area contributed by atoms with Crippen molar-refractivity contribution in [1.29, 1.82) is 0 Å². The minimum atomic E-state index is -0.893. The van der Waals surface area contributed by atoms with E-state index in [0.717, 1.165) is 23.7 Å². The first-order valence-corrected chi connectivity index (χ1v) is 10.3. The number of benzene rings is 2. The highest BCUT2D eigenvalue weighted by molar-refractivity contribution is 6.25. The van der Waals surface area contributed by atoms with E-state index in [1.807, 2.05) is 24.3 Å². The van der Waals surface area contributed by atoms with Gasteiger partial charge in [0, 0.05) is 31.9 Å². The number of piperazine rings is 1. The molecule has 0 unspecified atom stereocenters. The quantitative estimate of drug-likeness (QED) is 0.699. The number of carbonyl (C=O) groups excluding carboxylic acids is 3. The van der Waals surface area contributed by atoms with Crippen LogP contribution in [-0.4, -0.2) is 72.4 Å². The first kappa shape index (κ1) is 19.2. The fraction of sp³-hybridized carbons (Fsp3) is 0.318. The number of rotatable bonds is 4. The molecule has 3 heterocycles. The van der Waals surface area contributed by atoms with E-state index in [1.165, 1.54) is 5.01 Å². The molecule has 9 nitrogen and oxygen atoms in total. The number of hydrogen-bond acceptors (Lipinski definition) is 7. The molecular weight excluding hydrogens is 396 g/mol. The number of fused-ring (bicyclic) bond motifs is 1. The Morgan fingerprint density at radius 2 is 1.45 bits per heavy atom. The summed E-state index contributed by atoms with van der Waals surface area (Å²) in [4.78, 5) is 43.7. The summed E-state index contributed by atoms with van der Waals surface area (Å²) in [6.07, 6.45) is 0. The Kier molecular flexibility index (Phi) is 4.85. The van der Waals surface area contributed by atoms with E-state index in [-0.39, 0.29) is 12.5 Å². The smallest absolute Gasteiger partial charge is 0.263 e. The molecule has 5 rings (SSSR count). The Morgan fingerprint density at radius 3 is 2.10 bits per heavy atom. The highest BCUT2D eigenvalue weighted by Crippen LogP contribution is 2.31. The third kappa shape index (κ3) is 3.41. The third-order valence-corrected chi connectivity index (χ3v) is 5.92. The van der Waals surface area contributed by atoms with Crippen LogP contribution in [-0.2, 0) is 14.4 Å². The molecule has 9 heteroatoms. The summed E-state index contributed by atoms with van der Waals surface area (Å²) in [6.45, 7) is 2.59. The molecule has 2 aromatic rings. The summed E-state index contributed by atoms with van der Waals surface area (Å²) in [5.41, 5.74) is 1.65. The van der Waals surface area contributed by atoms with Crippen LogP contribution in [0.4, 0.5) is 11.4 Å². The van der Waals surface area contributed by atoms with Gasteiger partial charge in [-0.05, 0) is 24.3 Å². The zero-order chi connectivity index (χ0) is 21.4. The maximum absolute atomic E-state index is 13.0. The zero-order valence-corrected chi connectivity index (χ0v) is 16.9. The Bertz CT molecular complexity index is 1020. The molecular formula is C22H22N6O3. The molecule has 158 valence electrons. The lowest BCUT2D eigenvalue weighted by Gasteiger charge is -2.36. The highest BCUT2D eigenvalue weighted by atomic mass is 16.2. The van der Waals surface area contributed by atoms with Crippen molar-refractivity contribution < 1.29 is 14.4 Å². The number of hydrogen-bond donors (Lipinski definition) is 0. The minimum Gasteiger partial charge on any atom is -0.368 e. The fourth-order valence-corrected chi connectivity index (χ4v) is 4.28. The van der Waals surface area contributed by atoms with Gasteiger partial charge in [-0.15, -0.1) is 0 Å². The standard InChI is InChI=1S/C22H22N6O3/c29-18(26-13-11-25(12-14-26)16-7-3-1-4-8-16)15-27-20-19(23-24-27)21(30)28(22(20)31)17-9-5-2-6-10-17/h1-10,19-20H,11-15H2/t19-,20-/m0/s1. The van der Waals surface area contributed by atoms with Gasteiger partial charge in [-0.3, -0.25) is 19.4 Å². The van der Waals surface area contributed by atoms with E-state index in [4.69, 9.17) is 0 Å². The summed E-state index contributed by atoms with van der Waals surface area (Å²) in [5, 5.41) is 9.34. The average molecular weight is 418 g/mol. The molecule has 0 aromatic heterocycles. The van der Waals surface area contributed by atoms with Gasteiger partial charge in [0.1, 0.15) is 6.54 Å². The van der Waals surface area contributed by atoms with Crippen molar-refractivity contribution in [1.82, 2.24) is 9.91 Å². The van der Waals surface area contributed by atoms with Crippen LogP contribution in [0.2, 0.25) is 0 Å². The van der Waals surface area contributed by atoms with E-state index >= 15 is 0 Å². The molecule has 0 N–H and O–H groups in total. The number of amides is 3. The van der Waals surface area contributed by atoms with Gasteiger partial charge in [-0.25, -0.2) is 4.90 Å². The molecule has 0 bridgehead atoms. The monoisotopic (exact) mass is 418 g/mol. The summed E-state index contributed by atoms with van der Waals surface area (Å²) in [5.74, 6) is -0.921. The Labute approximate surface area is 179 Å². The molecule has 0 aliphatic carbocycles. The second-order valence-corrected chi connectivity index (χ2v) is 7.74. The molecule has 2 fully saturated rings. The molecule has 2 saturated heterocycles. The topological polar surface area (TPSA) is 88.9 Å². The van der Waals surface area contributed by atoms with Gasteiger partial charge >= 0.3 is 0 Å². The summed E-state index contributed by atoms with van der Waals surface area (Å²) in [7, 11) is 0.